The Labute approximate surface area is 190 Å². The van der Waals surface area contributed by atoms with E-state index >= 15 is 0 Å². The molecule has 2 N–H and O–H groups in total. The Morgan fingerprint density at radius 1 is 1.22 bits per heavy atom. The molecule has 0 atom stereocenters. The fourth-order valence-electron chi connectivity index (χ4n) is 3.21. The number of carbonyl (C=O) groups excluding carboxylic acids is 1. The van der Waals surface area contributed by atoms with Crippen LogP contribution in [0.25, 0.3) is 21.7 Å². The second kappa shape index (κ2) is 7.57. The number of aromatic nitrogens is 7. The van der Waals surface area contributed by atoms with Gasteiger partial charge in [-0.05, 0) is 47.0 Å². The Bertz CT molecular complexity index is 1450. The molecule has 5 aromatic rings. The maximum absolute atomic E-state index is 11.2. The lowest BCUT2D eigenvalue weighted by molar-refractivity contribution is 0.211. The number of nitrogens with zero attached hydrogens (tertiary/aromatic N) is 7. The van der Waals surface area contributed by atoms with Gasteiger partial charge in [0.2, 0.25) is 5.16 Å². The summed E-state index contributed by atoms with van der Waals surface area (Å²) in [7, 11) is 0. The number of carbonyl (C=O) groups is 1. The number of primary amides is 1. The largest absolute Gasteiger partial charge is 0.411 e. The van der Waals surface area contributed by atoms with Crippen LogP contribution in [0.1, 0.15) is 26.3 Å². The van der Waals surface area contributed by atoms with Gasteiger partial charge in [0.25, 0.3) is 5.19 Å². The zero-order chi connectivity index (χ0) is 22.5. The molecular formula is C20H18N8O2S2. The van der Waals surface area contributed by atoms with Crippen LogP contribution in [0, 0.1) is 0 Å². The minimum atomic E-state index is -0.884. The molecule has 12 heteroatoms. The fourth-order valence-corrected chi connectivity index (χ4v) is 5.03. The molecule has 0 unspecified atom stereocenters. The van der Waals surface area contributed by atoms with Crippen LogP contribution in [0.3, 0.4) is 0 Å². The summed E-state index contributed by atoms with van der Waals surface area (Å²) in [4.78, 5) is 20.7. The number of hydrogen-bond donors (Lipinski definition) is 1. The fraction of sp³-hybridized carbons (Fsp3) is 0.200. The predicted molar refractivity (Wildman–Crippen MR) is 121 cm³/mol. The van der Waals surface area contributed by atoms with Gasteiger partial charge in [-0.1, -0.05) is 32.1 Å². The summed E-state index contributed by atoms with van der Waals surface area (Å²) in [5.41, 5.74) is 7.42. The van der Waals surface area contributed by atoms with Crippen LogP contribution >= 0.6 is 23.1 Å². The molecule has 4 heterocycles. The Kier molecular flexibility index (Phi) is 4.82. The molecule has 0 saturated carbocycles. The molecule has 32 heavy (non-hydrogen) atoms. The lowest BCUT2D eigenvalue weighted by Crippen LogP contribution is -2.16. The number of imidazole rings is 1. The Balaban J connectivity index is 1.58. The molecule has 0 fully saturated rings. The molecule has 0 aliphatic rings. The van der Waals surface area contributed by atoms with Crippen molar-refractivity contribution in [2.75, 3.05) is 0 Å². The Hall–Kier alpha value is -3.51. The summed E-state index contributed by atoms with van der Waals surface area (Å²) in [6.45, 7) is 6.32. The highest BCUT2D eigenvalue weighted by Crippen LogP contribution is 2.40. The van der Waals surface area contributed by atoms with E-state index in [0.29, 0.717) is 16.6 Å². The molecule has 0 radical (unpaired) electrons. The summed E-state index contributed by atoms with van der Waals surface area (Å²) in [6.07, 6.45) is 4.32. The van der Waals surface area contributed by atoms with Crippen LogP contribution in [-0.2, 0) is 5.41 Å². The quantitative estimate of drug-likeness (QED) is 0.423. The van der Waals surface area contributed by atoms with Crippen molar-refractivity contribution in [3.05, 3.63) is 48.5 Å². The van der Waals surface area contributed by atoms with Crippen LogP contribution in [0.5, 0.6) is 5.19 Å². The SMILES string of the molecule is CC(C)(C)c1cc(Sc2nnc3ccc(-n4ccnc4)nn23)cc2sc(OC(N)=O)nc12. The van der Waals surface area contributed by atoms with E-state index in [4.69, 9.17) is 10.5 Å². The maximum atomic E-state index is 11.2. The van der Waals surface area contributed by atoms with Gasteiger partial charge in [0.1, 0.15) is 6.33 Å². The van der Waals surface area contributed by atoms with Crippen molar-refractivity contribution in [3.8, 4) is 11.0 Å². The molecule has 162 valence electrons. The van der Waals surface area contributed by atoms with Gasteiger partial charge >= 0.3 is 6.09 Å². The zero-order valence-electron chi connectivity index (χ0n) is 17.4. The van der Waals surface area contributed by atoms with Gasteiger partial charge < -0.3 is 10.5 Å². The molecule has 0 saturated heterocycles. The number of fused-ring (bicyclic) bond motifs is 2. The van der Waals surface area contributed by atoms with Gasteiger partial charge in [0, 0.05) is 17.3 Å². The van der Waals surface area contributed by atoms with E-state index in [9.17, 15) is 4.79 Å². The van der Waals surface area contributed by atoms with Crippen LogP contribution < -0.4 is 10.5 Å². The summed E-state index contributed by atoms with van der Waals surface area (Å²) in [6, 6.07) is 7.78. The maximum Gasteiger partial charge on any atom is 0.411 e. The average molecular weight is 467 g/mol. The number of hydrogen-bond acceptors (Lipinski definition) is 9. The summed E-state index contributed by atoms with van der Waals surface area (Å²) >= 11 is 2.72. The van der Waals surface area contributed by atoms with Crippen molar-refractivity contribution in [2.45, 2.75) is 36.2 Å². The predicted octanol–water partition coefficient (Wildman–Crippen LogP) is 3.83. The minimum Gasteiger partial charge on any atom is -0.381 e. The van der Waals surface area contributed by atoms with Gasteiger partial charge in [0.05, 0.1) is 10.2 Å². The van der Waals surface area contributed by atoms with Gasteiger partial charge in [-0.3, -0.25) is 4.57 Å². The number of ether oxygens (including phenoxy) is 1. The van der Waals surface area contributed by atoms with Crippen molar-refractivity contribution in [1.82, 2.24) is 34.3 Å². The smallest absolute Gasteiger partial charge is 0.381 e. The normalized spacial score (nSPS) is 12.0. The Morgan fingerprint density at radius 3 is 2.78 bits per heavy atom. The topological polar surface area (TPSA) is 126 Å². The van der Waals surface area contributed by atoms with Gasteiger partial charge in [0.15, 0.2) is 11.5 Å². The van der Waals surface area contributed by atoms with E-state index in [1.165, 1.54) is 23.1 Å². The lowest BCUT2D eigenvalue weighted by Gasteiger charge is -2.20. The van der Waals surface area contributed by atoms with E-state index in [0.717, 1.165) is 20.7 Å². The highest BCUT2D eigenvalue weighted by molar-refractivity contribution is 7.99. The molecule has 1 amide bonds. The monoisotopic (exact) mass is 466 g/mol. The highest BCUT2D eigenvalue weighted by atomic mass is 32.2. The van der Waals surface area contributed by atoms with Gasteiger partial charge in [-0.15, -0.1) is 15.3 Å². The molecule has 0 bridgehead atoms. The van der Waals surface area contributed by atoms with Crippen LogP contribution in [0.4, 0.5) is 4.79 Å². The first-order chi connectivity index (χ1) is 15.3. The number of nitrogens with two attached hydrogens (primary N) is 1. The molecular weight excluding hydrogens is 448 g/mol. The summed E-state index contributed by atoms with van der Waals surface area (Å²) < 4.78 is 9.42. The lowest BCUT2D eigenvalue weighted by atomic mass is 9.86. The van der Waals surface area contributed by atoms with Crippen molar-refractivity contribution in [3.63, 3.8) is 0 Å². The zero-order valence-corrected chi connectivity index (χ0v) is 19.0. The van der Waals surface area contributed by atoms with Crippen molar-refractivity contribution < 1.29 is 9.53 Å². The molecule has 0 spiro atoms. The summed E-state index contributed by atoms with van der Waals surface area (Å²) in [5.74, 6) is 0.707. The van der Waals surface area contributed by atoms with Crippen molar-refractivity contribution in [1.29, 1.82) is 0 Å². The molecule has 10 nitrogen and oxygen atoms in total. The van der Waals surface area contributed by atoms with E-state index < -0.39 is 6.09 Å². The molecule has 0 aliphatic carbocycles. The number of thiazole rings is 1. The third kappa shape index (κ3) is 3.78. The Morgan fingerprint density at radius 2 is 2.06 bits per heavy atom. The van der Waals surface area contributed by atoms with Crippen LogP contribution in [0.2, 0.25) is 0 Å². The average Bonchev–Trinajstić information content (AvgIpc) is 3.45. The van der Waals surface area contributed by atoms with Crippen molar-refractivity contribution >= 4 is 45.1 Å². The first kappa shape index (κ1) is 20.4. The molecule has 4 aromatic heterocycles. The second-order valence-electron chi connectivity index (χ2n) is 7.98. The standard InChI is InChI=1S/C20H18N8O2S2/c1-20(2,3)12-8-11(9-13-16(12)23-19(32-13)30-17(21)29)31-18-25-24-14-4-5-15(26-28(14)18)27-7-6-22-10-27/h4-10H,1-3H3,(H2,21,29). The number of rotatable bonds is 4. The van der Waals surface area contributed by atoms with E-state index in [1.807, 2.05) is 29.0 Å². The van der Waals surface area contributed by atoms with Crippen LogP contribution in [0.15, 0.2) is 53.0 Å². The first-order valence-corrected chi connectivity index (χ1v) is 11.2. The first-order valence-electron chi connectivity index (χ1n) is 9.59. The third-order valence-corrected chi connectivity index (χ3v) is 6.43. The highest BCUT2D eigenvalue weighted by Gasteiger charge is 2.23. The number of amides is 1. The molecule has 1 aromatic carbocycles. The van der Waals surface area contributed by atoms with Gasteiger partial charge in [-0.25, -0.2) is 14.8 Å². The molecule has 0 aliphatic heterocycles. The van der Waals surface area contributed by atoms with E-state index in [-0.39, 0.29) is 10.6 Å². The second-order valence-corrected chi connectivity index (χ2v) is 10.0. The van der Waals surface area contributed by atoms with Crippen molar-refractivity contribution in [2.24, 2.45) is 5.73 Å². The third-order valence-electron chi connectivity index (χ3n) is 4.64. The van der Waals surface area contributed by atoms with E-state index in [2.05, 4.69) is 52.1 Å². The minimum absolute atomic E-state index is 0.188. The van der Waals surface area contributed by atoms with Gasteiger partial charge in [-0.2, -0.15) is 4.52 Å². The molecule has 5 rings (SSSR count). The number of benzene rings is 1. The van der Waals surface area contributed by atoms with Crippen LogP contribution in [-0.4, -0.2) is 40.4 Å². The van der Waals surface area contributed by atoms with E-state index in [1.54, 1.807) is 17.0 Å². The summed E-state index contributed by atoms with van der Waals surface area (Å²) in [5, 5.41) is 14.1.